The quantitative estimate of drug-likeness (QED) is 0.795. The van der Waals surface area contributed by atoms with Gasteiger partial charge in [0.25, 0.3) is 0 Å². The molecule has 0 saturated carbocycles. The third-order valence-corrected chi connectivity index (χ3v) is 3.44. The van der Waals surface area contributed by atoms with E-state index in [1.807, 2.05) is 25.1 Å². The second-order valence-electron chi connectivity index (χ2n) is 5.90. The fraction of sp³-hybridized carbons (Fsp3) is 0.444. The van der Waals surface area contributed by atoms with Crippen LogP contribution in [-0.2, 0) is 0 Å². The number of methoxy groups -OCH3 is 2. The molecule has 0 spiro atoms. The van der Waals surface area contributed by atoms with Crippen LogP contribution in [0, 0.1) is 5.92 Å². The lowest BCUT2D eigenvalue weighted by molar-refractivity contribution is 0.256. The molecule has 0 aliphatic rings. The van der Waals surface area contributed by atoms with Crippen molar-refractivity contribution in [1.29, 1.82) is 0 Å². The number of hydrogen-bond donors (Lipinski definition) is 1. The van der Waals surface area contributed by atoms with Gasteiger partial charge in [-0.1, -0.05) is 19.9 Å². The summed E-state index contributed by atoms with van der Waals surface area (Å²) in [6, 6.07) is 7.62. The zero-order valence-electron chi connectivity index (χ0n) is 14.9. The highest BCUT2D eigenvalue weighted by Gasteiger charge is 2.12. The highest BCUT2D eigenvalue weighted by atomic mass is 16.5. The van der Waals surface area contributed by atoms with Gasteiger partial charge in [-0.2, -0.15) is 4.98 Å². The van der Waals surface area contributed by atoms with E-state index in [0.29, 0.717) is 30.1 Å². The number of rotatable bonds is 8. The van der Waals surface area contributed by atoms with Gasteiger partial charge in [0.1, 0.15) is 0 Å². The van der Waals surface area contributed by atoms with Crippen LogP contribution in [0.1, 0.15) is 32.4 Å². The van der Waals surface area contributed by atoms with Crippen molar-refractivity contribution in [1.82, 2.24) is 9.97 Å². The molecule has 1 N–H and O–H groups in total. The number of aromatic nitrogens is 2. The number of hydrogen-bond acceptors (Lipinski definition) is 6. The van der Waals surface area contributed by atoms with E-state index in [9.17, 15) is 0 Å². The minimum absolute atomic E-state index is 0.00477. The number of ether oxygens (including phenoxy) is 3. The lowest BCUT2D eigenvalue weighted by Crippen LogP contribution is -2.10. The van der Waals surface area contributed by atoms with Crippen molar-refractivity contribution in [3.63, 3.8) is 0 Å². The molecule has 0 bridgehead atoms. The lowest BCUT2D eigenvalue weighted by Gasteiger charge is -2.17. The summed E-state index contributed by atoms with van der Waals surface area (Å²) in [5, 5.41) is 3.26. The second kappa shape index (κ2) is 8.38. The number of benzene rings is 1. The molecule has 2 rings (SSSR count). The minimum atomic E-state index is 0.00477. The van der Waals surface area contributed by atoms with Crippen LogP contribution in [0.25, 0.3) is 0 Å². The van der Waals surface area contributed by atoms with E-state index in [-0.39, 0.29) is 6.04 Å². The van der Waals surface area contributed by atoms with Gasteiger partial charge in [0.05, 0.1) is 26.9 Å². The van der Waals surface area contributed by atoms with E-state index in [4.69, 9.17) is 14.2 Å². The second-order valence-corrected chi connectivity index (χ2v) is 5.90. The molecular weight excluding hydrogens is 306 g/mol. The Morgan fingerprint density at radius 1 is 1.04 bits per heavy atom. The van der Waals surface area contributed by atoms with Gasteiger partial charge in [0, 0.05) is 12.3 Å². The Morgan fingerprint density at radius 3 is 2.50 bits per heavy atom. The van der Waals surface area contributed by atoms with Gasteiger partial charge >= 0.3 is 0 Å². The van der Waals surface area contributed by atoms with Crippen LogP contribution in [0.15, 0.2) is 30.5 Å². The molecule has 0 fully saturated rings. The van der Waals surface area contributed by atoms with Crippen molar-refractivity contribution in [2.75, 3.05) is 26.1 Å². The molecule has 0 radical (unpaired) electrons. The Morgan fingerprint density at radius 2 is 1.83 bits per heavy atom. The van der Waals surface area contributed by atoms with E-state index in [0.717, 1.165) is 11.3 Å². The minimum Gasteiger partial charge on any atom is -0.493 e. The summed E-state index contributed by atoms with van der Waals surface area (Å²) in [7, 11) is 3.22. The zero-order valence-corrected chi connectivity index (χ0v) is 14.9. The molecule has 1 aromatic carbocycles. The Hall–Kier alpha value is -2.50. The molecule has 130 valence electrons. The normalized spacial score (nSPS) is 11.9. The van der Waals surface area contributed by atoms with Crippen LogP contribution in [0.5, 0.6) is 17.4 Å². The zero-order chi connectivity index (χ0) is 17.5. The first-order valence-electron chi connectivity index (χ1n) is 7.97. The molecule has 0 aliphatic carbocycles. The maximum atomic E-state index is 5.79. The molecule has 24 heavy (non-hydrogen) atoms. The van der Waals surface area contributed by atoms with Crippen molar-refractivity contribution < 1.29 is 14.2 Å². The summed E-state index contributed by atoms with van der Waals surface area (Å²) in [4.78, 5) is 8.47. The van der Waals surface area contributed by atoms with E-state index in [1.165, 1.54) is 0 Å². The summed E-state index contributed by atoms with van der Waals surface area (Å²) in [6.07, 6.45) is 1.66. The first-order valence-corrected chi connectivity index (χ1v) is 7.97. The van der Waals surface area contributed by atoms with E-state index < -0.39 is 0 Å². The number of nitrogens with zero attached hydrogens (tertiary/aromatic N) is 2. The van der Waals surface area contributed by atoms with Crippen LogP contribution in [-0.4, -0.2) is 30.8 Å². The van der Waals surface area contributed by atoms with Crippen molar-refractivity contribution in [2.24, 2.45) is 5.92 Å². The van der Waals surface area contributed by atoms with Gasteiger partial charge in [-0.05, 0) is 30.5 Å². The summed E-state index contributed by atoms with van der Waals surface area (Å²) in [5.74, 6) is 2.96. The molecule has 6 nitrogen and oxygen atoms in total. The average Bonchev–Trinajstić information content (AvgIpc) is 2.59. The molecule has 1 atom stereocenters. The molecule has 1 aromatic heterocycles. The molecule has 0 aliphatic heterocycles. The standard InChI is InChI=1S/C18H25N3O3/c1-12(2)11-24-15-7-6-14(10-16(15)22-4)13(3)20-18-19-9-8-17(21-18)23-5/h6-10,12-13H,11H2,1-5H3,(H,19,20,21)/t13-/m1/s1. The molecular formula is C18H25N3O3. The van der Waals surface area contributed by atoms with Crippen LogP contribution in [0.2, 0.25) is 0 Å². The fourth-order valence-corrected chi connectivity index (χ4v) is 2.13. The highest BCUT2D eigenvalue weighted by Crippen LogP contribution is 2.31. The Balaban J connectivity index is 2.12. The topological polar surface area (TPSA) is 65.5 Å². The van der Waals surface area contributed by atoms with Crippen LogP contribution < -0.4 is 19.5 Å². The number of nitrogens with one attached hydrogen (secondary N) is 1. The third-order valence-electron chi connectivity index (χ3n) is 3.44. The molecule has 0 saturated heterocycles. The number of anilines is 1. The third kappa shape index (κ3) is 4.75. The maximum Gasteiger partial charge on any atom is 0.226 e. The largest absolute Gasteiger partial charge is 0.493 e. The van der Waals surface area contributed by atoms with Crippen molar-refractivity contribution >= 4 is 5.95 Å². The van der Waals surface area contributed by atoms with Crippen molar-refractivity contribution in [3.8, 4) is 17.4 Å². The van der Waals surface area contributed by atoms with Crippen LogP contribution in [0.4, 0.5) is 5.95 Å². The first kappa shape index (κ1) is 17.8. The van der Waals surface area contributed by atoms with Gasteiger partial charge in [0.15, 0.2) is 11.5 Å². The molecule has 2 aromatic rings. The van der Waals surface area contributed by atoms with Crippen molar-refractivity contribution in [3.05, 3.63) is 36.0 Å². The average molecular weight is 331 g/mol. The molecule has 0 amide bonds. The Kier molecular flexibility index (Phi) is 6.23. The van der Waals surface area contributed by atoms with Gasteiger partial charge in [0.2, 0.25) is 11.8 Å². The predicted molar refractivity (Wildman–Crippen MR) is 93.9 cm³/mol. The predicted octanol–water partition coefficient (Wildman–Crippen LogP) is 3.70. The van der Waals surface area contributed by atoms with Crippen LogP contribution >= 0.6 is 0 Å². The monoisotopic (exact) mass is 331 g/mol. The fourth-order valence-electron chi connectivity index (χ4n) is 2.13. The SMILES string of the molecule is COc1ccnc(N[C@H](C)c2ccc(OCC(C)C)c(OC)c2)n1. The smallest absolute Gasteiger partial charge is 0.226 e. The van der Waals surface area contributed by atoms with Gasteiger partial charge in [-0.3, -0.25) is 0 Å². The highest BCUT2D eigenvalue weighted by molar-refractivity contribution is 5.45. The van der Waals surface area contributed by atoms with Gasteiger partial charge < -0.3 is 19.5 Å². The Labute approximate surface area is 143 Å². The first-order chi connectivity index (χ1) is 11.5. The van der Waals surface area contributed by atoms with Crippen molar-refractivity contribution in [2.45, 2.75) is 26.8 Å². The maximum absolute atomic E-state index is 5.79. The van der Waals surface area contributed by atoms with E-state index in [2.05, 4.69) is 29.1 Å². The van der Waals surface area contributed by atoms with Gasteiger partial charge in [-0.25, -0.2) is 4.98 Å². The van der Waals surface area contributed by atoms with E-state index in [1.54, 1.807) is 26.5 Å². The summed E-state index contributed by atoms with van der Waals surface area (Å²) >= 11 is 0. The summed E-state index contributed by atoms with van der Waals surface area (Å²) < 4.78 is 16.4. The molecule has 1 heterocycles. The van der Waals surface area contributed by atoms with Crippen LogP contribution in [0.3, 0.4) is 0 Å². The molecule has 0 unspecified atom stereocenters. The van der Waals surface area contributed by atoms with Gasteiger partial charge in [-0.15, -0.1) is 0 Å². The summed E-state index contributed by atoms with van der Waals surface area (Å²) in [5.41, 5.74) is 1.05. The molecule has 6 heteroatoms. The van der Waals surface area contributed by atoms with E-state index >= 15 is 0 Å². The lowest BCUT2D eigenvalue weighted by atomic mass is 10.1. The summed E-state index contributed by atoms with van der Waals surface area (Å²) in [6.45, 7) is 6.91. The Bertz CT molecular complexity index is 662.